The molecule has 0 aliphatic carbocycles. The smallest absolute Gasteiger partial charge is 0.184 e. The minimum absolute atomic E-state index is 0.0927. The summed E-state index contributed by atoms with van der Waals surface area (Å²) >= 11 is 0. The molecule has 0 amide bonds. The monoisotopic (exact) mass is 263 g/mol. The van der Waals surface area contributed by atoms with Crippen LogP contribution in [0.15, 0.2) is 41.5 Å². The molecule has 0 atom stereocenters. The number of pyridine rings is 1. The van der Waals surface area contributed by atoms with Crippen LogP contribution >= 0.6 is 0 Å². The Morgan fingerprint density at radius 2 is 2.00 bits per heavy atom. The Labute approximate surface area is 107 Å². The van der Waals surface area contributed by atoms with E-state index in [1.165, 1.54) is 18.3 Å². The van der Waals surface area contributed by atoms with Crippen LogP contribution in [-0.2, 0) is 0 Å². The number of benzene rings is 1. The Hall–Kier alpha value is -2.54. The Bertz CT molecular complexity index is 627. The van der Waals surface area contributed by atoms with Crippen molar-refractivity contribution in [1.82, 2.24) is 10.4 Å². The molecule has 1 heterocycles. The fraction of sp³-hybridized carbons (Fsp3) is 0. The van der Waals surface area contributed by atoms with Crippen LogP contribution in [0.4, 0.5) is 20.3 Å². The van der Waals surface area contributed by atoms with Crippen LogP contribution in [0.5, 0.6) is 0 Å². The predicted molar refractivity (Wildman–Crippen MR) is 68.5 cm³/mol. The molecular formula is C12H11F2N5. The molecule has 0 unspecified atom stereocenters. The number of hydrazine groups is 1. The van der Waals surface area contributed by atoms with Crippen molar-refractivity contribution in [3.8, 4) is 0 Å². The third kappa shape index (κ3) is 2.66. The fourth-order valence-electron chi connectivity index (χ4n) is 1.49. The van der Waals surface area contributed by atoms with E-state index in [4.69, 9.17) is 11.6 Å². The SMILES string of the molecule is NNC(=Nc1cccc(F)c1F)c1cccnc1N. The summed E-state index contributed by atoms with van der Waals surface area (Å²) in [6.07, 6.45) is 1.50. The van der Waals surface area contributed by atoms with Crippen LogP contribution in [0.2, 0.25) is 0 Å². The Balaban J connectivity index is 2.51. The molecule has 98 valence electrons. The van der Waals surface area contributed by atoms with E-state index in [1.807, 2.05) is 0 Å². The van der Waals surface area contributed by atoms with Gasteiger partial charge in [0.25, 0.3) is 0 Å². The maximum atomic E-state index is 13.5. The van der Waals surface area contributed by atoms with Crippen molar-refractivity contribution in [2.24, 2.45) is 10.8 Å². The molecule has 0 aliphatic heterocycles. The quantitative estimate of drug-likeness (QED) is 0.331. The molecule has 0 bridgehead atoms. The first-order valence-corrected chi connectivity index (χ1v) is 5.33. The second-order valence-electron chi connectivity index (χ2n) is 3.61. The molecule has 1 aromatic carbocycles. The van der Waals surface area contributed by atoms with Crippen molar-refractivity contribution < 1.29 is 8.78 Å². The number of amidine groups is 1. The Kier molecular flexibility index (Phi) is 3.67. The van der Waals surface area contributed by atoms with Crippen LogP contribution in [0, 0.1) is 11.6 Å². The first kappa shape index (κ1) is 12.9. The van der Waals surface area contributed by atoms with Crippen molar-refractivity contribution in [3.63, 3.8) is 0 Å². The molecule has 7 heteroatoms. The lowest BCUT2D eigenvalue weighted by atomic mass is 10.2. The Morgan fingerprint density at radius 1 is 1.21 bits per heavy atom. The minimum Gasteiger partial charge on any atom is -0.383 e. The highest BCUT2D eigenvalue weighted by Gasteiger charge is 2.11. The summed E-state index contributed by atoms with van der Waals surface area (Å²) in [5, 5.41) is 0. The standard InChI is InChI=1S/C12H11F2N5/c13-8-4-1-5-9(10(8)14)18-12(19-16)7-3-2-6-17-11(7)15/h1-6H,16H2,(H2,15,17)(H,18,19). The molecule has 0 aliphatic rings. The van der Waals surface area contributed by atoms with Gasteiger partial charge in [-0.3, -0.25) is 0 Å². The Morgan fingerprint density at radius 3 is 2.68 bits per heavy atom. The van der Waals surface area contributed by atoms with Gasteiger partial charge >= 0.3 is 0 Å². The summed E-state index contributed by atoms with van der Waals surface area (Å²) in [7, 11) is 0. The van der Waals surface area contributed by atoms with Crippen molar-refractivity contribution >= 4 is 17.3 Å². The number of nitrogens with zero attached hydrogens (tertiary/aromatic N) is 2. The van der Waals surface area contributed by atoms with E-state index in [0.29, 0.717) is 5.56 Å². The topological polar surface area (TPSA) is 89.3 Å². The zero-order valence-electron chi connectivity index (χ0n) is 9.77. The summed E-state index contributed by atoms with van der Waals surface area (Å²) in [5.74, 6) is 3.55. The number of nitrogen functional groups attached to an aromatic ring is 1. The summed E-state index contributed by atoms with van der Waals surface area (Å²) in [6.45, 7) is 0. The molecule has 0 saturated heterocycles. The average molecular weight is 263 g/mol. The van der Waals surface area contributed by atoms with Gasteiger partial charge in [-0.1, -0.05) is 6.07 Å². The number of rotatable bonds is 2. The number of nitrogens with one attached hydrogen (secondary N) is 1. The van der Waals surface area contributed by atoms with E-state index < -0.39 is 11.6 Å². The van der Waals surface area contributed by atoms with Gasteiger partial charge in [-0.05, 0) is 24.3 Å². The van der Waals surface area contributed by atoms with Gasteiger partial charge in [0.2, 0.25) is 0 Å². The predicted octanol–water partition coefficient (Wildman–Crippen LogP) is 1.48. The molecule has 0 spiro atoms. The highest BCUT2D eigenvalue weighted by atomic mass is 19.2. The van der Waals surface area contributed by atoms with Crippen molar-refractivity contribution in [2.75, 3.05) is 5.73 Å². The van der Waals surface area contributed by atoms with E-state index in [-0.39, 0.29) is 17.3 Å². The number of hydrogen-bond acceptors (Lipinski definition) is 4. The third-order valence-electron chi connectivity index (χ3n) is 2.39. The molecule has 0 radical (unpaired) electrons. The number of aliphatic imine (C=N–C) groups is 1. The summed E-state index contributed by atoms with van der Waals surface area (Å²) in [4.78, 5) is 7.78. The third-order valence-corrected chi connectivity index (χ3v) is 2.39. The van der Waals surface area contributed by atoms with E-state index in [1.54, 1.807) is 12.1 Å². The minimum atomic E-state index is -1.06. The second-order valence-corrected chi connectivity index (χ2v) is 3.61. The maximum absolute atomic E-state index is 13.5. The number of aromatic nitrogens is 1. The van der Waals surface area contributed by atoms with Gasteiger partial charge in [0.15, 0.2) is 17.5 Å². The maximum Gasteiger partial charge on any atom is 0.184 e. The summed E-state index contributed by atoms with van der Waals surface area (Å²) in [5.41, 5.74) is 8.17. The first-order chi connectivity index (χ1) is 9.13. The molecule has 2 aromatic rings. The molecular weight excluding hydrogens is 252 g/mol. The van der Waals surface area contributed by atoms with Gasteiger partial charge in [-0.15, -0.1) is 0 Å². The number of halogens is 2. The van der Waals surface area contributed by atoms with E-state index >= 15 is 0 Å². The van der Waals surface area contributed by atoms with E-state index in [2.05, 4.69) is 15.4 Å². The molecule has 1 aromatic heterocycles. The lowest BCUT2D eigenvalue weighted by molar-refractivity contribution is 0.510. The molecule has 5 nitrogen and oxygen atoms in total. The highest BCUT2D eigenvalue weighted by molar-refractivity contribution is 6.03. The highest BCUT2D eigenvalue weighted by Crippen LogP contribution is 2.21. The van der Waals surface area contributed by atoms with Gasteiger partial charge in [0.1, 0.15) is 11.5 Å². The van der Waals surface area contributed by atoms with E-state index in [0.717, 1.165) is 6.07 Å². The van der Waals surface area contributed by atoms with Crippen molar-refractivity contribution in [3.05, 3.63) is 53.7 Å². The summed E-state index contributed by atoms with van der Waals surface area (Å²) < 4.78 is 26.6. The average Bonchev–Trinajstić information content (AvgIpc) is 2.41. The van der Waals surface area contributed by atoms with Crippen LogP contribution < -0.4 is 17.0 Å². The van der Waals surface area contributed by atoms with Crippen molar-refractivity contribution in [1.29, 1.82) is 0 Å². The number of nitrogens with two attached hydrogens (primary N) is 2. The molecule has 19 heavy (non-hydrogen) atoms. The lowest BCUT2D eigenvalue weighted by Crippen LogP contribution is -2.31. The largest absolute Gasteiger partial charge is 0.383 e. The van der Waals surface area contributed by atoms with Crippen LogP contribution in [0.25, 0.3) is 0 Å². The van der Waals surface area contributed by atoms with Crippen LogP contribution in [0.1, 0.15) is 5.56 Å². The molecule has 5 N–H and O–H groups in total. The summed E-state index contributed by atoms with van der Waals surface area (Å²) in [6, 6.07) is 6.90. The zero-order valence-corrected chi connectivity index (χ0v) is 9.77. The van der Waals surface area contributed by atoms with Crippen LogP contribution in [0.3, 0.4) is 0 Å². The fourth-order valence-corrected chi connectivity index (χ4v) is 1.49. The van der Waals surface area contributed by atoms with Gasteiger partial charge in [-0.2, -0.15) is 0 Å². The van der Waals surface area contributed by atoms with Gasteiger partial charge in [0.05, 0.1) is 5.56 Å². The molecule has 2 rings (SSSR count). The van der Waals surface area contributed by atoms with Gasteiger partial charge in [0, 0.05) is 6.20 Å². The zero-order chi connectivity index (χ0) is 13.8. The van der Waals surface area contributed by atoms with E-state index in [9.17, 15) is 8.78 Å². The van der Waals surface area contributed by atoms with Gasteiger partial charge in [-0.25, -0.2) is 24.6 Å². The first-order valence-electron chi connectivity index (χ1n) is 5.33. The van der Waals surface area contributed by atoms with Crippen molar-refractivity contribution in [2.45, 2.75) is 0 Å². The van der Waals surface area contributed by atoms with Gasteiger partial charge < -0.3 is 11.2 Å². The molecule has 0 fully saturated rings. The number of anilines is 1. The lowest BCUT2D eigenvalue weighted by Gasteiger charge is -2.08. The molecule has 0 saturated carbocycles. The normalized spacial score (nSPS) is 11.4. The second kappa shape index (κ2) is 5.40. The number of hydrogen-bond donors (Lipinski definition) is 3. The van der Waals surface area contributed by atoms with Crippen LogP contribution in [-0.4, -0.2) is 10.8 Å².